The van der Waals surface area contributed by atoms with Gasteiger partial charge in [0, 0.05) is 10.8 Å². The van der Waals surface area contributed by atoms with Gasteiger partial charge >= 0.3 is 12.1 Å². The van der Waals surface area contributed by atoms with Gasteiger partial charge in [-0.05, 0) is 36.8 Å². The van der Waals surface area contributed by atoms with E-state index < -0.39 is 23.8 Å². The predicted octanol–water partition coefficient (Wildman–Crippen LogP) is 2.36. The third-order valence-electron chi connectivity index (χ3n) is 4.00. The van der Waals surface area contributed by atoms with E-state index in [2.05, 4.69) is 0 Å². The molecule has 1 heterocycles. The Hall–Kier alpha value is -2.50. The van der Waals surface area contributed by atoms with E-state index in [-0.39, 0.29) is 17.9 Å². The third-order valence-corrected chi connectivity index (χ3v) is 4.00. The van der Waals surface area contributed by atoms with Crippen LogP contribution < -0.4 is 10.4 Å². The molecule has 126 valence electrons. The minimum Gasteiger partial charge on any atom is -0.474 e. The van der Waals surface area contributed by atoms with E-state index in [9.17, 15) is 18.0 Å². The van der Waals surface area contributed by atoms with E-state index in [0.29, 0.717) is 16.0 Å². The zero-order valence-electron chi connectivity index (χ0n) is 13.1. The minimum atomic E-state index is -4.45. The van der Waals surface area contributed by atoms with Crippen LogP contribution in [0.2, 0.25) is 0 Å². The van der Waals surface area contributed by atoms with Gasteiger partial charge in [0.1, 0.15) is 6.10 Å². The largest absolute Gasteiger partial charge is 0.474 e. The summed E-state index contributed by atoms with van der Waals surface area (Å²) in [6.45, 7) is 3.28. The van der Waals surface area contributed by atoms with Gasteiger partial charge in [0.25, 0.3) is 0 Å². The van der Waals surface area contributed by atoms with Crippen LogP contribution in [0.25, 0.3) is 11.3 Å². The number of hydrogen-bond acceptors (Lipinski definition) is 3. The lowest BCUT2D eigenvalue weighted by Crippen LogP contribution is -2.42. The Labute approximate surface area is 136 Å². The summed E-state index contributed by atoms with van der Waals surface area (Å²) < 4.78 is 50.2. The molecule has 0 saturated carbocycles. The number of alkyl halides is 3. The standard InChI is InChI=1S/C18H15F3O3/c1-3-23-17(22)16-12-7-5-4-6-11(12)15-10(2)13(18(19,20)21)8-9-14(15)24-16/h4-9,14H,3H2,1-2H3. The van der Waals surface area contributed by atoms with Crippen LogP contribution in [0.5, 0.6) is 0 Å². The van der Waals surface area contributed by atoms with Crippen LogP contribution in [-0.2, 0) is 14.3 Å². The molecule has 1 atom stereocenters. The number of carbonyl (C=O) groups excluding carboxylic acids is 1. The number of carbonyl (C=O) groups is 1. The molecule has 3 rings (SSSR count). The van der Waals surface area contributed by atoms with Crippen molar-refractivity contribution in [1.82, 2.24) is 0 Å². The van der Waals surface area contributed by atoms with Crippen molar-refractivity contribution in [3.8, 4) is 0 Å². The summed E-state index contributed by atoms with van der Waals surface area (Å²) in [6.07, 6.45) is -2.87. The van der Waals surface area contributed by atoms with Crippen LogP contribution in [0.1, 0.15) is 13.8 Å². The van der Waals surface area contributed by atoms with Crippen molar-refractivity contribution < 1.29 is 27.4 Å². The molecule has 3 nitrogen and oxygen atoms in total. The smallest absolute Gasteiger partial charge is 0.416 e. The van der Waals surface area contributed by atoms with E-state index in [4.69, 9.17) is 9.47 Å². The first-order chi connectivity index (χ1) is 11.3. The fourth-order valence-electron chi connectivity index (χ4n) is 2.99. The quantitative estimate of drug-likeness (QED) is 0.778. The fraction of sp³-hybridized carbons (Fsp3) is 0.278. The highest BCUT2D eigenvalue weighted by Gasteiger charge is 2.39. The van der Waals surface area contributed by atoms with Gasteiger partial charge in [0.15, 0.2) is 0 Å². The first kappa shape index (κ1) is 16.4. The Bertz CT molecular complexity index is 876. The van der Waals surface area contributed by atoms with Crippen molar-refractivity contribution in [2.24, 2.45) is 0 Å². The van der Waals surface area contributed by atoms with Gasteiger partial charge in [-0.2, -0.15) is 13.2 Å². The van der Waals surface area contributed by atoms with Gasteiger partial charge in [-0.15, -0.1) is 0 Å². The molecule has 6 heteroatoms. The molecular weight excluding hydrogens is 321 g/mol. The number of esters is 1. The number of fused-ring (bicyclic) bond motifs is 2. The summed E-state index contributed by atoms with van der Waals surface area (Å²) in [5, 5.41) is 0.999. The third kappa shape index (κ3) is 2.62. The molecule has 24 heavy (non-hydrogen) atoms. The molecule has 0 saturated heterocycles. The highest BCUT2D eigenvalue weighted by molar-refractivity contribution is 6.07. The van der Waals surface area contributed by atoms with Gasteiger partial charge in [0.05, 0.1) is 12.2 Å². The van der Waals surface area contributed by atoms with E-state index in [1.54, 1.807) is 31.2 Å². The number of hydrogen-bond donors (Lipinski definition) is 0. The van der Waals surface area contributed by atoms with Crippen molar-refractivity contribution in [3.05, 3.63) is 58.0 Å². The van der Waals surface area contributed by atoms with Crippen LogP contribution in [0.3, 0.4) is 0 Å². The summed E-state index contributed by atoms with van der Waals surface area (Å²) in [4.78, 5) is 12.1. The molecule has 2 aliphatic rings. The normalized spacial score (nSPS) is 19.6. The number of ether oxygens (including phenoxy) is 2. The van der Waals surface area contributed by atoms with E-state index in [1.165, 1.54) is 13.0 Å². The number of benzene rings is 1. The molecule has 1 aromatic rings. The van der Waals surface area contributed by atoms with Gasteiger partial charge in [-0.25, -0.2) is 4.79 Å². The van der Waals surface area contributed by atoms with Crippen molar-refractivity contribution >= 4 is 17.3 Å². The second-order valence-corrected chi connectivity index (χ2v) is 5.44. The lowest BCUT2D eigenvalue weighted by molar-refractivity contribution is -0.139. The van der Waals surface area contributed by atoms with Gasteiger partial charge in [-0.3, -0.25) is 0 Å². The van der Waals surface area contributed by atoms with E-state index in [0.717, 1.165) is 6.08 Å². The second-order valence-electron chi connectivity index (χ2n) is 5.44. The van der Waals surface area contributed by atoms with Crippen LogP contribution in [0.15, 0.2) is 47.6 Å². The van der Waals surface area contributed by atoms with E-state index >= 15 is 0 Å². The van der Waals surface area contributed by atoms with Crippen LogP contribution >= 0.6 is 0 Å². The van der Waals surface area contributed by atoms with Gasteiger partial charge in [0.2, 0.25) is 5.76 Å². The molecule has 1 aromatic carbocycles. The van der Waals surface area contributed by atoms with Crippen molar-refractivity contribution in [2.75, 3.05) is 6.61 Å². The Morgan fingerprint density at radius 3 is 2.54 bits per heavy atom. The molecule has 1 unspecified atom stereocenters. The monoisotopic (exact) mass is 336 g/mol. The molecule has 1 aliphatic heterocycles. The van der Waals surface area contributed by atoms with Crippen LogP contribution in [-0.4, -0.2) is 24.9 Å². The molecule has 0 bridgehead atoms. The summed E-state index contributed by atoms with van der Waals surface area (Å²) in [6, 6.07) is 6.75. The Morgan fingerprint density at radius 2 is 1.92 bits per heavy atom. The average Bonchev–Trinajstić information content (AvgIpc) is 2.53. The first-order valence-electron chi connectivity index (χ1n) is 7.48. The maximum Gasteiger partial charge on any atom is 0.416 e. The maximum absolute atomic E-state index is 13.2. The molecule has 1 aliphatic carbocycles. The molecule has 0 aromatic heterocycles. The zero-order chi connectivity index (χ0) is 17.5. The Kier molecular flexibility index (Phi) is 3.99. The van der Waals surface area contributed by atoms with Crippen molar-refractivity contribution in [2.45, 2.75) is 26.1 Å². The Morgan fingerprint density at radius 1 is 1.25 bits per heavy atom. The number of rotatable bonds is 2. The predicted molar refractivity (Wildman–Crippen MR) is 81.9 cm³/mol. The number of allylic oxidation sites excluding steroid dienone is 2. The minimum absolute atomic E-state index is 0.0223. The van der Waals surface area contributed by atoms with Crippen molar-refractivity contribution in [1.29, 1.82) is 0 Å². The summed E-state index contributed by atoms with van der Waals surface area (Å²) in [5.74, 6) is -0.602. The average molecular weight is 336 g/mol. The summed E-state index contributed by atoms with van der Waals surface area (Å²) >= 11 is 0. The molecule has 0 spiro atoms. The summed E-state index contributed by atoms with van der Waals surface area (Å²) in [5.41, 5.74) is -0.175. The topological polar surface area (TPSA) is 35.5 Å². The molecule has 0 fully saturated rings. The molecule has 0 amide bonds. The molecule has 0 N–H and O–H groups in total. The SMILES string of the molecule is CCOC(=O)C1=c2ccccc2=C2C(C)=C(C(F)(F)F)C=CC2O1. The van der Waals surface area contributed by atoms with Gasteiger partial charge < -0.3 is 9.47 Å². The van der Waals surface area contributed by atoms with E-state index in [1.807, 2.05) is 0 Å². The highest BCUT2D eigenvalue weighted by Crippen LogP contribution is 2.37. The Balaban J connectivity index is 2.33. The van der Waals surface area contributed by atoms with Crippen LogP contribution in [0.4, 0.5) is 13.2 Å². The molecular formula is C18H15F3O3. The first-order valence-corrected chi connectivity index (χ1v) is 7.48. The lowest BCUT2D eigenvalue weighted by atomic mass is 9.87. The van der Waals surface area contributed by atoms with Crippen LogP contribution in [0, 0.1) is 0 Å². The number of halogens is 3. The highest BCUT2D eigenvalue weighted by atomic mass is 19.4. The molecule has 0 radical (unpaired) electrons. The second kappa shape index (κ2) is 5.85. The van der Waals surface area contributed by atoms with Crippen molar-refractivity contribution in [3.63, 3.8) is 0 Å². The van der Waals surface area contributed by atoms with Gasteiger partial charge in [-0.1, -0.05) is 24.3 Å². The summed E-state index contributed by atoms with van der Waals surface area (Å²) in [7, 11) is 0. The fourth-order valence-corrected chi connectivity index (χ4v) is 2.99. The lowest BCUT2D eigenvalue weighted by Gasteiger charge is -2.29. The zero-order valence-corrected chi connectivity index (χ0v) is 13.1. The maximum atomic E-state index is 13.2.